The van der Waals surface area contributed by atoms with Crippen molar-refractivity contribution >= 4 is 18.7 Å². The highest BCUT2D eigenvalue weighted by Gasteiger charge is 2.61. The van der Waals surface area contributed by atoms with Crippen molar-refractivity contribution in [1.29, 1.82) is 0 Å². The Bertz CT molecular complexity index is 613. The molecule has 26 heavy (non-hydrogen) atoms. The number of benzene rings is 1. The molecule has 0 bridgehead atoms. The lowest BCUT2D eigenvalue weighted by Crippen LogP contribution is -2.62. The summed E-state index contributed by atoms with van der Waals surface area (Å²) in [6.45, 7) is 10.6. The molecule has 1 saturated heterocycles. The highest BCUT2D eigenvalue weighted by molar-refractivity contribution is 6.50. The number of halogens is 1. The van der Waals surface area contributed by atoms with Gasteiger partial charge in [0.15, 0.2) is 0 Å². The SMILES string of the molecule is CCC[C@@](N)(B1OC(C)(C)C(C)(C)O1)[C@H](Cc1ccc(Cl)cc1)C1CC1. The Morgan fingerprint density at radius 3 is 2.15 bits per heavy atom. The van der Waals surface area contributed by atoms with E-state index >= 15 is 0 Å². The van der Waals surface area contributed by atoms with E-state index in [0.717, 1.165) is 24.3 Å². The van der Waals surface area contributed by atoms with Crippen molar-refractivity contribution in [2.75, 3.05) is 0 Å². The molecular weight excluding hydrogens is 345 g/mol. The van der Waals surface area contributed by atoms with Crippen LogP contribution in [0.1, 0.15) is 65.9 Å². The van der Waals surface area contributed by atoms with Gasteiger partial charge in [-0.05, 0) is 82.9 Å². The molecule has 0 amide bonds. The standard InChI is InChI=1S/C21H33BClNO2/c1-6-13-21(24,22-25-19(2,3)20(4,5)26-22)18(16-9-10-16)14-15-7-11-17(23)12-8-15/h7-8,11-12,16,18H,6,9-10,13-14,24H2,1-5H3/t18-,21+/m1/s1. The second-order valence-corrected chi connectivity index (χ2v) is 9.66. The summed E-state index contributed by atoms with van der Waals surface area (Å²) in [5, 5.41) is 0.773. The Kier molecular flexibility index (Phi) is 5.53. The first-order chi connectivity index (χ1) is 12.1. The highest BCUT2D eigenvalue weighted by Crippen LogP contribution is 2.49. The summed E-state index contributed by atoms with van der Waals surface area (Å²) in [6, 6.07) is 8.17. The van der Waals surface area contributed by atoms with Gasteiger partial charge in [0.05, 0.1) is 16.6 Å². The van der Waals surface area contributed by atoms with Crippen molar-refractivity contribution < 1.29 is 9.31 Å². The van der Waals surface area contributed by atoms with Crippen LogP contribution in [0, 0.1) is 11.8 Å². The fourth-order valence-corrected chi connectivity index (χ4v) is 4.27. The third-order valence-electron chi connectivity index (χ3n) is 6.63. The Hall–Kier alpha value is -0.545. The zero-order valence-corrected chi connectivity index (χ0v) is 17.6. The number of nitrogens with two attached hydrogens (primary N) is 1. The molecule has 2 aliphatic rings. The zero-order valence-electron chi connectivity index (χ0n) is 16.8. The molecule has 0 aromatic heterocycles. The van der Waals surface area contributed by atoms with E-state index in [0.29, 0.717) is 11.8 Å². The van der Waals surface area contributed by atoms with E-state index in [1.54, 1.807) is 0 Å². The third kappa shape index (κ3) is 3.85. The van der Waals surface area contributed by atoms with Crippen LogP contribution in [0.3, 0.4) is 0 Å². The topological polar surface area (TPSA) is 44.5 Å². The van der Waals surface area contributed by atoms with E-state index in [-0.39, 0.29) is 18.3 Å². The molecule has 1 aliphatic heterocycles. The lowest BCUT2D eigenvalue weighted by Gasteiger charge is -2.39. The van der Waals surface area contributed by atoms with Crippen LogP contribution >= 0.6 is 11.6 Å². The van der Waals surface area contributed by atoms with Gasteiger partial charge in [-0.15, -0.1) is 0 Å². The predicted octanol–water partition coefficient (Wildman–Crippen LogP) is 5.04. The van der Waals surface area contributed by atoms with Crippen LogP contribution in [0.25, 0.3) is 0 Å². The normalized spacial score (nSPS) is 25.1. The van der Waals surface area contributed by atoms with Crippen molar-refractivity contribution in [3.63, 3.8) is 0 Å². The van der Waals surface area contributed by atoms with Crippen LogP contribution in [0.5, 0.6) is 0 Å². The molecule has 5 heteroatoms. The molecule has 3 nitrogen and oxygen atoms in total. The molecule has 1 aliphatic carbocycles. The Morgan fingerprint density at radius 1 is 1.15 bits per heavy atom. The predicted molar refractivity (Wildman–Crippen MR) is 109 cm³/mol. The molecule has 144 valence electrons. The van der Waals surface area contributed by atoms with Gasteiger partial charge in [-0.1, -0.05) is 37.1 Å². The fourth-order valence-electron chi connectivity index (χ4n) is 4.14. The molecule has 1 heterocycles. The van der Waals surface area contributed by atoms with Gasteiger partial charge in [-0.25, -0.2) is 0 Å². The maximum absolute atomic E-state index is 7.14. The maximum Gasteiger partial charge on any atom is 0.479 e. The van der Waals surface area contributed by atoms with Crippen LogP contribution in [0.15, 0.2) is 24.3 Å². The van der Waals surface area contributed by atoms with Crippen LogP contribution in [-0.2, 0) is 15.7 Å². The van der Waals surface area contributed by atoms with Crippen molar-refractivity contribution in [3.8, 4) is 0 Å². The van der Waals surface area contributed by atoms with Gasteiger partial charge in [0.25, 0.3) is 0 Å². The smallest absolute Gasteiger partial charge is 0.402 e. The van der Waals surface area contributed by atoms with Gasteiger partial charge in [0, 0.05) is 5.02 Å². The average Bonchev–Trinajstić information content (AvgIpc) is 3.34. The summed E-state index contributed by atoms with van der Waals surface area (Å²) in [6.07, 6.45) is 5.37. The van der Waals surface area contributed by atoms with Crippen LogP contribution in [0.4, 0.5) is 0 Å². The van der Waals surface area contributed by atoms with Crippen molar-refractivity contribution in [3.05, 3.63) is 34.9 Å². The molecule has 3 rings (SSSR count). The summed E-state index contributed by atoms with van der Waals surface area (Å²) in [5.74, 6) is 1.000. The van der Waals surface area contributed by atoms with E-state index in [9.17, 15) is 0 Å². The molecule has 0 unspecified atom stereocenters. The van der Waals surface area contributed by atoms with E-state index in [1.807, 2.05) is 12.1 Å². The largest absolute Gasteiger partial charge is 0.479 e. The van der Waals surface area contributed by atoms with Crippen molar-refractivity contribution in [2.45, 2.75) is 83.4 Å². The molecule has 2 atom stereocenters. The van der Waals surface area contributed by atoms with Crippen LogP contribution in [0.2, 0.25) is 5.02 Å². The number of hydrogen-bond acceptors (Lipinski definition) is 3. The molecule has 1 aromatic carbocycles. The highest BCUT2D eigenvalue weighted by atomic mass is 35.5. The van der Waals surface area contributed by atoms with Gasteiger partial charge in [0.2, 0.25) is 0 Å². The van der Waals surface area contributed by atoms with Crippen LogP contribution < -0.4 is 5.73 Å². The summed E-state index contributed by atoms with van der Waals surface area (Å²) in [7, 11) is -0.370. The second kappa shape index (κ2) is 7.12. The van der Waals surface area contributed by atoms with Gasteiger partial charge >= 0.3 is 7.12 Å². The first kappa shape index (κ1) is 20.2. The molecular formula is C21H33BClNO2. The minimum absolute atomic E-state index is 0.346. The Labute approximate surface area is 164 Å². The van der Waals surface area contributed by atoms with Gasteiger partial charge < -0.3 is 15.0 Å². The van der Waals surface area contributed by atoms with E-state index in [1.165, 1.54) is 18.4 Å². The van der Waals surface area contributed by atoms with E-state index < -0.39 is 5.44 Å². The molecule has 2 N–H and O–H groups in total. The molecule has 2 fully saturated rings. The lowest BCUT2D eigenvalue weighted by molar-refractivity contribution is 0.00578. The molecule has 1 saturated carbocycles. The van der Waals surface area contributed by atoms with Crippen LogP contribution in [-0.4, -0.2) is 23.8 Å². The summed E-state index contributed by atoms with van der Waals surface area (Å²) in [4.78, 5) is 0. The fraction of sp³-hybridized carbons (Fsp3) is 0.714. The minimum atomic E-state index is -0.486. The average molecular weight is 378 g/mol. The summed E-state index contributed by atoms with van der Waals surface area (Å²) in [5.41, 5.74) is 7.23. The monoisotopic (exact) mass is 377 g/mol. The molecule has 1 aromatic rings. The zero-order chi connectivity index (χ0) is 19.2. The second-order valence-electron chi connectivity index (χ2n) is 9.23. The number of rotatable bonds is 7. The van der Waals surface area contributed by atoms with E-state index in [2.05, 4.69) is 46.8 Å². The summed E-state index contributed by atoms with van der Waals surface area (Å²) >= 11 is 6.06. The Morgan fingerprint density at radius 2 is 1.69 bits per heavy atom. The molecule has 0 radical (unpaired) electrons. The summed E-state index contributed by atoms with van der Waals surface area (Å²) < 4.78 is 12.9. The van der Waals surface area contributed by atoms with E-state index in [4.69, 9.17) is 26.6 Å². The van der Waals surface area contributed by atoms with Gasteiger partial charge in [-0.2, -0.15) is 0 Å². The number of hydrogen-bond donors (Lipinski definition) is 1. The van der Waals surface area contributed by atoms with Gasteiger partial charge in [0.1, 0.15) is 0 Å². The minimum Gasteiger partial charge on any atom is -0.402 e. The lowest BCUT2D eigenvalue weighted by atomic mass is 9.54. The third-order valence-corrected chi connectivity index (χ3v) is 6.88. The Balaban J connectivity index is 1.89. The van der Waals surface area contributed by atoms with Crippen molar-refractivity contribution in [2.24, 2.45) is 17.6 Å². The maximum atomic E-state index is 7.14. The first-order valence-corrected chi connectivity index (χ1v) is 10.4. The van der Waals surface area contributed by atoms with Gasteiger partial charge in [-0.3, -0.25) is 0 Å². The quantitative estimate of drug-likeness (QED) is 0.677. The van der Waals surface area contributed by atoms with Crippen molar-refractivity contribution in [1.82, 2.24) is 0 Å². The first-order valence-electron chi connectivity index (χ1n) is 9.98. The molecule has 0 spiro atoms.